The molecule has 10 nitrogen and oxygen atoms in total. The minimum absolute atomic E-state index is 0.0166. The van der Waals surface area contributed by atoms with Crippen LogP contribution in [0, 0.1) is 0 Å². The summed E-state index contributed by atoms with van der Waals surface area (Å²) in [5.41, 5.74) is -1.11. The molecule has 1 saturated carbocycles. The number of alkyl carbamates (subject to hydrolysis) is 1. The van der Waals surface area contributed by atoms with Gasteiger partial charge in [-0.05, 0) is 58.6 Å². The fourth-order valence-electron chi connectivity index (χ4n) is 3.79. The highest BCUT2D eigenvalue weighted by atomic mass is 16.6. The summed E-state index contributed by atoms with van der Waals surface area (Å²) in [5.74, 6) is 0.852. The van der Waals surface area contributed by atoms with Crippen LogP contribution in [0.2, 0.25) is 0 Å². The number of hydrogen-bond acceptors (Lipinski definition) is 7. The molecule has 1 aromatic heterocycles. The van der Waals surface area contributed by atoms with Crippen LogP contribution in [-0.2, 0) is 19.1 Å². The molecule has 1 aliphatic heterocycles. The Morgan fingerprint density at radius 3 is 2.71 bits per heavy atom. The van der Waals surface area contributed by atoms with Gasteiger partial charge in [0.05, 0.1) is 12.1 Å². The summed E-state index contributed by atoms with van der Waals surface area (Å²) in [5, 5.41) is 5.55. The first-order chi connectivity index (χ1) is 14.6. The first kappa shape index (κ1) is 22.8. The number of hydrogen-bond donors (Lipinski definition) is 2. The van der Waals surface area contributed by atoms with Crippen molar-refractivity contribution in [3.63, 3.8) is 0 Å². The number of fused-ring (bicyclic) bond motifs is 1. The standard InChI is InChI=1S/C21H30N4O6/c1-20(2,3)31-19(28)22-14-7-9-21(29-4,10-8-14)12-25(13-26)16-6-5-15-18(23-16)24-17(27)11-30-15/h5-6,13-14H,7-12H2,1-4H3,(H,22,28)(H,23,24,27). The third-order valence-electron chi connectivity index (χ3n) is 5.39. The van der Waals surface area contributed by atoms with Gasteiger partial charge in [0.25, 0.3) is 5.91 Å². The van der Waals surface area contributed by atoms with E-state index in [1.807, 2.05) is 20.8 Å². The SMILES string of the molecule is COC1(CN(C=O)c2ccc3c(n2)NC(=O)CO3)CCC(NC(=O)OC(C)(C)C)CC1. The zero-order chi connectivity index (χ0) is 22.6. The number of ether oxygens (including phenoxy) is 3. The Morgan fingerprint density at radius 1 is 1.39 bits per heavy atom. The number of anilines is 2. The summed E-state index contributed by atoms with van der Waals surface area (Å²) in [4.78, 5) is 41.3. The number of carbonyl (C=O) groups is 3. The van der Waals surface area contributed by atoms with E-state index in [-0.39, 0.29) is 24.4 Å². The summed E-state index contributed by atoms with van der Waals surface area (Å²) in [6.45, 7) is 5.71. The van der Waals surface area contributed by atoms with Gasteiger partial charge in [0.15, 0.2) is 18.2 Å². The van der Waals surface area contributed by atoms with E-state index in [0.29, 0.717) is 50.2 Å². The number of nitrogens with one attached hydrogen (secondary N) is 2. The Bertz CT molecular complexity index is 830. The lowest BCUT2D eigenvalue weighted by molar-refractivity contribution is -0.118. The highest BCUT2D eigenvalue weighted by Gasteiger charge is 2.38. The first-order valence-corrected chi connectivity index (χ1v) is 10.3. The number of aromatic nitrogens is 1. The molecule has 10 heteroatoms. The Balaban J connectivity index is 1.63. The van der Waals surface area contributed by atoms with Crippen LogP contribution in [0.5, 0.6) is 5.75 Å². The molecule has 0 atom stereocenters. The third-order valence-corrected chi connectivity index (χ3v) is 5.39. The molecule has 3 rings (SSSR count). The maximum Gasteiger partial charge on any atom is 0.407 e. The number of nitrogens with zero attached hydrogens (tertiary/aromatic N) is 2. The molecule has 1 fully saturated rings. The van der Waals surface area contributed by atoms with Crippen LogP contribution < -0.4 is 20.3 Å². The topological polar surface area (TPSA) is 119 Å². The van der Waals surface area contributed by atoms with Crippen molar-refractivity contribution in [3.8, 4) is 5.75 Å². The van der Waals surface area contributed by atoms with E-state index >= 15 is 0 Å². The van der Waals surface area contributed by atoms with Gasteiger partial charge in [-0.2, -0.15) is 0 Å². The zero-order valence-corrected chi connectivity index (χ0v) is 18.4. The highest BCUT2D eigenvalue weighted by molar-refractivity contribution is 5.94. The average Bonchev–Trinajstić information content (AvgIpc) is 2.71. The van der Waals surface area contributed by atoms with Crippen LogP contribution >= 0.6 is 0 Å². The van der Waals surface area contributed by atoms with Crippen molar-refractivity contribution in [3.05, 3.63) is 12.1 Å². The van der Waals surface area contributed by atoms with Crippen LogP contribution in [0.25, 0.3) is 0 Å². The van der Waals surface area contributed by atoms with E-state index < -0.39 is 17.3 Å². The van der Waals surface area contributed by atoms with E-state index in [2.05, 4.69) is 15.6 Å². The first-order valence-electron chi connectivity index (χ1n) is 10.3. The second-order valence-corrected chi connectivity index (χ2v) is 8.89. The molecule has 170 valence electrons. The minimum Gasteiger partial charge on any atom is -0.480 e. The van der Waals surface area contributed by atoms with Gasteiger partial charge >= 0.3 is 6.09 Å². The molecule has 0 spiro atoms. The van der Waals surface area contributed by atoms with Gasteiger partial charge in [-0.3, -0.25) is 14.5 Å². The molecule has 0 saturated heterocycles. The molecule has 31 heavy (non-hydrogen) atoms. The van der Waals surface area contributed by atoms with E-state index in [4.69, 9.17) is 14.2 Å². The Hall–Kier alpha value is -2.88. The Kier molecular flexibility index (Phi) is 6.68. The lowest BCUT2D eigenvalue weighted by Gasteiger charge is -2.41. The quantitative estimate of drug-likeness (QED) is 0.659. The van der Waals surface area contributed by atoms with Crippen LogP contribution in [0.1, 0.15) is 46.5 Å². The van der Waals surface area contributed by atoms with E-state index in [1.54, 1.807) is 19.2 Å². The van der Waals surface area contributed by atoms with Crippen molar-refractivity contribution in [1.29, 1.82) is 0 Å². The second-order valence-electron chi connectivity index (χ2n) is 8.89. The average molecular weight is 434 g/mol. The van der Waals surface area contributed by atoms with Crippen molar-refractivity contribution >= 4 is 30.0 Å². The van der Waals surface area contributed by atoms with Crippen LogP contribution in [0.4, 0.5) is 16.4 Å². The Labute approximate surface area is 181 Å². The van der Waals surface area contributed by atoms with Crippen molar-refractivity contribution < 1.29 is 28.6 Å². The van der Waals surface area contributed by atoms with Crippen LogP contribution in [0.3, 0.4) is 0 Å². The zero-order valence-electron chi connectivity index (χ0n) is 18.4. The van der Waals surface area contributed by atoms with Gasteiger partial charge in [0.1, 0.15) is 11.4 Å². The van der Waals surface area contributed by atoms with Gasteiger partial charge < -0.3 is 24.8 Å². The molecule has 2 N–H and O–H groups in total. The fourth-order valence-corrected chi connectivity index (χ4v) is 3.79. The minimum atomic E-state index is -0.565. The maximum absolute atomic E-state index is 12.0. The number of amides is 3. The molecule has 0 bridgehead atoms. The summed E-state index contributed by atoms with van der Waals surface area (Å²) < 4.78 is 16.5. The van der Waals surface area contributed by atoms with Gasteiger partial charge in [-0.1, -0.05) is 0 Å². The normalized spacial score (nSPS) is 23.1. The van der Waals surface area contributed by atoms with E-state index in [9.17, 15) is 14.4 Å². The molecular weight excluding hydrogens is 404 g/mol. The van der Waals surface area contributed by atoms with Gasteiger partial charge in [-0.25, -0.2) is 9.78 Å². The van der Waals surface area contributed by atoms with Crippen molar-refractivity contribution in [2.24, 2.45) is 0 Å². The van der Waals surface area contributed by atoms with Crippen molar-refractivity contribution in [1.82, 2.24) is 10.3 Å². The number of rotatable bonds is 6. The lowest BCUT2D eigenvalue weighted by atomic mass is 9.81. The summed E-state index contributed by atoms with van der Waals surface area (Å²) >= 11 is 0. The molecule has 0 aromatic carbocycles. The second kappa shape index (κ2) is 9.09. The summed E-state index contributed by atoms with van der Waals surface area (Å²) in [6, 6.07) is 3.33. The lowest BCUT2D eigenvalue weighted by Crippen LogP contribution is -2.50. The van der Waals surface area contributed by atoms with Crippen LogP contribution in [-0.4, -0.2) is 60.9 Å². The Morgan fingerprint density at radius 2 is 2.10 bits per heavy atom. The van der Waals surface area contributed by atoms with Gasteiger partial charge in [0, 0.05) is 13.2 Å². The number of pyridine rings is 1. The molecule has 3 amide bonds. The summed E-state index contributed by atoms with van der Waals surface area (Å²) in [7, 11) is 1.62. The highest BCUT2D eigenvalue weighted by Crippen LogP contribution is 2.34. The molecular formula is C21H30N4O6. The number of methoxy groups -OCH3 is 1. The predicted octanol–water partition coefficient (Wildman–Crippen LogP) is 2.23. The smallest absolute Gasteiger partial charge is 0.407 e. The largest absolute Gasteiger partial charge is 0.480 e. The fraction of sp³-hybridized carbons (Fsp3) is 0.619. The van der Waals surface area contributed by atoms with Crippen LogP contribution in [0.15, 0.2) is 12.1 Å². The molecule has 1 aliphatic carbocycles. The van der Waals surface area contributed by atoms with E-state index in [0.717, 1.165) is 0 Å². The maximum atomic E-state index is 12.0. The van der Waals surface area contributed by atoms with Crippen molar-refractivity contribution in [2.75, 3.05) is 30.5 Å². The van der Waals surface area contributed by atoms with E-state index in [1.165, 1.54) is 4.90 Å². The van der Waals surface area contributed by atoms with Crippen molar-refractivity contribution in [2.45, 2.75) is 63.7 Å². The molecule has 1 aromatic rings. The van der Waals surface area contributed by atoms with Gasteiger partial charge in [-0.15, -0.1) is 0 Å². The molecule has 0 radical (unpaired) electrons. The molecule has 2 aliphatic rings. The predicted molar refractivity (Wildman–Crippen MR) is 113 cm³/mol. The molecule has 0 unspecified atom stereocenters. The summed E-state index contributed by atoms with van der Waals surface area (Å²) in [6.07, 6.45) is 2.96. The number of carbonyl (C=O) groups excluding carboxylic acids is 3. The van der Waals surface area contributed by atoms with Gasteiger partial charge in [0.2, 0.25) is 6.41 Å². The third kappa shape index (κ3) is 5.84. The monoisotopic (exact) mass is 434 g/mol. The molecule has 2 heterocycles.